The molecule has 0 radical (unpaired) electrons. The fraction of sp³-hybridized carbons (Fsp3) is 0.385. The van der Waals surface area contributed by atoms with Crippen molar-refractivity contribution in [2.24, 2.45) is 0 Å². The molecule has 1 unspecified atom stereocenters. The summed E-state index contributed by atoms with van der Waals surface area (Å²) in [6.07, 6.45) is 1.28. The number of carbonyl (C=O) groups is 2. The number of nitrogens with one attached hydrogen (secondary N) is 3. The highest BCUT2D eigenvalue weighted by Crippen LogP contribution is 2.22. The standard InChI is InChI=1S/C13H16N4O4/c1-14-8-4-5-11(17(20)21)9(7-8)12(18)16-10-3-2-6-15-13(10)19/h4-5,7,10,14H,2-3,6H2,1H3,(H,15,19)(H,16,18). The summed E-state index contributed by atoms with van der Waals surface area (Å²) in [5.41, 5.74) is 0.229. The van der Waals surface area contributed by atoms with Crippen LogP contribution < -0.4 is 16.0 Å². The predicted octanol–water partition coefficient (Wildman–Crippen LogP) is 0.645. The summed E-state index contributed by atoms with van der Waals surface area (Å²) in [6, 6.07) is 3.53. The Bertz CT molecular complexity index is 588. The maximum Gasteiger partial charge on any atom is 0.282 e. The Kier molecular flexibility index (Phi) is 4.36. The monoisotopic (exact) mass is 292 g/mol. The Balaban J connectivity index is 2.24. The van der Waals surface area contributed by atoms with Gasteiger partial charge in [0.25, 0.3) is 11.6 Å². The van der Waals surface area contributed by atoms with Gasteiger partial charge in [-0.1, -0.05) is 0 Å². The molecule has 8 nitrogen and oxygen atoms in total. The molecule has 0 saturated carbocycles. The van der Waals surface area contributed by atoms with Crippen molar-refractivity contribution < 1.29 is 14.5 Å². The lowest BCUT2D eigenvalue weighted by atomic mass is 10.1. The molecule has 1 atom stereocenters. The van der Waals surface area contributed by atoms with Gasteiger partial charge in [0.05, 0.1) is 4.92 Å². The van der Waals surface area contributed by atoms with Gasteiger partial charge in [0.1, 0.15) is 11.6 Å². The third-order valence-electron chi connectivity index (χ3n) is 3.32. The highest BCUT2D eigenvalue weighted by atomic mass is 16.6. The van der Waals surface area contributed by atoms with Crippen LogP contribution in [0.1, 0.15) is 23.2 Å². The zero-order chi connectivity index (χ0) is 15.4. The number of amides is 2. The number of nitro benzene ring substituents is 1. The van der Waals surface area contributed by atoms with Crippen LogP contribution in [0.2, 0.25) is 0 Å². The summed E-state index contributed by atoms with van der Waals surface area (Å²) in [4.78, 5) is 34.3. The van der Waals surface area contributed by atoms with Gasteiger partial charge in [-0.3, -0.25) is 19.7 Å². The summed E-state index contributed by atoms with van der Waals surface area (Å²) >= 11 is 0. The SMILES string of the molecule is CNc1ccc([N+](=O)[O-])c(C(=O)NC2CCCNC2=O)c1. The van der Waals surface area contributed by atoms with Crippen LogP contribution in [0, 0.1) is 10.1 Å². The van der Waals surface area contributed by atoms with Crippen molar-refractivity contribution in [3.05, 3.63) is 33.9 Å². The molecule has 1 aliphatic rings. The first-order valence-electron chi connectivity index (χ1n) is 6.57. The molecule has 0 aromatic heterocycles. The molecule has 0 bridgehead atoms. The minimum absolute atomic E-state index is 0.0646. The third-order valence-corrected chi connectivity index (χ3v) is 3.32. The van der Waals surface area contributed by atoms with E-state index >= 15 is 0 Å². The Hall–Kier alpha value is -2.64. The lowest BCUT2D eigenvalue weighted by Gasteiger charge is -2.22. The van der Waals surface area contributed by atoms with Gasteiger partial charge >= 0.3 is 0 Å². The second-order valence-corrected chi connectivity index (χ2v) is 4.70. The lowest BCUT2D eigenvalue weighted by Crippen LogP contribution is -2.50. The second kappa shape index (κ2) is 6.21. The van der Waals surface area contributed by atoms with E-state index in [0.29, 0.717) is 18.7 Å². The van der Waals surface area contributed by atoms with Gasteiger partial charge in [-0.05, 0) is 25.0 Å². The van der Waals surface area contributed by atoms with Gasteiger partial charge in [-0.25, -0.2) is 0 Å². The van der Waals surface area contributed by atoms with Crippen molar-refractivity contribution in [3.8, 4) is 0 Å². The molecular weight excluding hydrogens is 276 g/mol. The summed E-state index contributed by atoms with van der Waals surface area (Å²) in [6.45, 7) is 0.584. The van der Waals surface area contributed by atoms with Crippen molar-refractivity contribution >= 4 is 23.2 Å². The van der Waals surface area contributed by atoms with E-state index in [1.165, 1.54) is 18.2 Å². The van der Waals surface area contributed by atoms with Crippen molar-refractivity contribution in [3.63, 3.8) is 0 Å². The number of nitro groups is 1. The van der Waals surface area contributed by atoms with Crippen LogP contribution in [0.4, 0.5) is 11.4 Å². The van der Waals surface area contributed by atoms with Crippen molar-refractivity contribution in [2.45, 2.75) is 18.9 Å². The van der Waals surface area contributed by atoms with Gasteiger partial charge in [-0.2, -0.15) is 0 Å². The molecule has 2 rings (SSSR count). The van der Waals surface area contributed by atoms with Crippen LogP contribution in [-0.2, 0) is 4.79 Å². The van der Waals surface area contributed by atoms with E-state index in [1.807, 2.05) is 0 Å². The first kappa shape index (κ1) is 14.8. The van der Waals surface area contributed by atoms with Gasteiger partial charge in [0.15, 0.2) is 0 Å². The van der Waals surface area contributed by atoms with Gasteiger partial charge < -0.3 is 16.0 Å². The number of anilines is 1. The number of rotatable bonds is 4. The first-order chi connectivity index (χ1) is 10.0. The Morgan fingerprint density at radius 2 is 2.24 bits per heavy atom. The molecule has 3 N–H and O–H groups in total. The quantitative estimate of drug-likeness (QED) is 0.557. The molecule has 2 amide bonds. The molecule has 0 spiro atoms. The zero-order valence-corrected chi connectivity index (χ0v) is 11.5. The fourth-order valence-corrected chi connectivity index (χ4v) is 2.18. The summed E-state index contributed by atoms with van der Waals surface area (Å²) in [5.74, 6) is -0.886. The Morgan fingerprint density at radius 3 is 2.86 bits per heavy atom. The van der Waals surface area contributed by atoms with Gasteiger partial charge in [0, 0.05) is 25.3 Å². The highest BCUT2D eigenvalue weighted by Gasteiger charge is 2.27. The first-order valence-corrected chi connectivity index (χ1v) is 6.57. The van der Waals surface area contributed by atoms with E-state index in [0.717, 1.165) is 6.42 Å². The van der Waals surface area contributed by atoms with Crippen LogP contribution in [0.25, 0.3) is 0 Å². The largest absolute Gasteiger partial charge is 0.388 e. The summed E-state index contributed by atoms with van der Waals surface area (Å²) in [5, 5.41) is 19.0. The zero-order valence-electron chi connectivity index (χ0n) is 11.5. The predicted molar refractivity (Wildman–Crippen MR) is 76.1 cm³/mol. The molecule has 1 aromatic rings. The van der Waals surface area contributed by atoms with E-state index in [4.69, 9.17) is 0 Å². The molecule has 1 heterocycles. The Morgan fingerprint density at radius 1 is 1.48 bits per heavy atom. The molecule has 1 aliphatic heterocycles. The number of hydrogen-bond donors (Lipinski definition) is 3. The molecule has 112 valence electrons. The van der Waals surface area contributed by atoms with Crippen molar-refractivity contribution in [2.75, 3.05) is 18.9 Å². The van der Waals surface area contributed by atoms with E-state index in [9.17, 15) is 19.7 Å². The summed E-state index contributed by atoms with van der Waals surface area (Å²) < 4.78 is 0. The van der Waals surface area contributed by atoms with E-state index < -0.39 is 16.9 Å². The third kappa shape index (κ3) is 3.28. The number of hydrogen-bond acceptors (Lipinski definition) is 5. The van der Waals surface area contributed by atoms with Crippen LogP contribution in [0.15, 0.2) is 18.2 Å². The molecule has 1 saturated heterocycles. The topological polar surface area (TPSA) is 113 Å². The van der Waals surface area contributed by atoms with Crippen LogP contribution in [0.3, 0.4) is 0 Å². The highest BCUT2D eigenvalue weighted by molar-refractivity contribution is 6.01. The average Bonchev–Trinajstić information content (AvgIpc) is 2.48. The maximum absolute atomic E-state index is 12.2. The maximum atomic E-state index is 12.2. The molecule has 1 fully saturated rings. The number of piperidine rings is 1. The molecule has 21 heavy (non-hydrogen) atoms. The van der Waals surface area contributed by atoms with Gasteiger partial charge in [-0.15, -0.1) is 0 Å². The lowest BCUT2D eigenvalue weighted by molar-refractivity contribution is -0.385. The smallest absolute Gasteiger partial charge is 0.282 e. The van der Waals surface area contributed by atoms with Crippen LogP contribution in [-0.4, -0.2) is 36.4 Å². The fourth-order valence-electron chi connectivity index (χ4n) is 2.18. The van der Waals surface area contributed by atoms with Crippen LogP contribution >= 0.6 is 0 Å². The normalized spacial score (nSPS) is 17.8. The van der Waals surface area contributed by atoms with E-state index in [-0.39, 0.29) is 17.2 Å². The number of nitrogens with zero attached hydrogens (tertiary/aromatic N) is 1. The summed E-state index contributed by atoms with van der Waals surface area (Å²) in [7, 11) is 1.65. The molecule has 1 aromatic carbocycles. The second-order valence-electron chi connectivity index (χ2n) is 4.70. The molecule has 8 heteroatoms. The minimum Gasteiger partial charge on any atom is -0.388 e. The average molecular weight is 292 g/mol. The van der Waals surface area contributed by atoms with Gasteiger partial charge in [0.2, 0.25) is 5.91 Å². The minimum atomic E-state index is -0.649. The van der Waals surface area contributed by atoms with Crippen LogP contribution in [0.5, 0.6) is 0 Å². The number of carbonyl (C=O) groups excluding carboxylic acids is 2. The Labute approximate surface area is 121 Å². The van der Waals surface area contributed by atoms with Crippen molar-refractivity contribution in [1.29, 1.82) is 0 Å². The molecule has 0 aliphatic carbocycles. The van der Waals surface area contributed by atoms with E-state index in [1.54, 1.807) is 7.05 Å². The molecular formula is C13H16N4O4. The number of benzene rings is 1. The van der Waals surface area contributed by atoms with Crippen molar-refractivity contribution in [1.82, 2.24) is 10.6 Å². The van der Waals surface area contributed by atoms with E-state index in [2.05, 4.69) is 16.0 Å².